The maximum atomic E-state index is 13.2. The minimum atomic E-state index is -0.348. The standard InChI is InChI=1S/C18H19FN4O/c1-4-5-16(22-12(2)20)18(23-10-11-24-13(23)3)17(21)14-6-8-15(19)9-7-14/h4-11H,1,3,21H2,2H3,(H2,20,22)/b16-5-,18-17-. The molecule has 0 bridgehead atoms. The highest BCUT2D eigenvalue weighted by atomic mass is 19.1. The number of nitrogens with zero attached hydrogens (tertiary/aromatic N) is 2. The first-order valence-electron chi connectivity index (χ1n) is 7.15. The van der Waals surface area contributed by atoms with Crippen molar-refractivity contribution >= 4 is 11.5 Å². The monoisotopic (exact) mass is 326 g/mol. The lowest BCUT2D eigenvalue weighted by Gasteiger charge is -2.22. The van der Waals surface area contributed by atoms with Gasteiger partial charge in [-0.3, -0.25) is 4.90 Å². The van der Waals surface area contributed by atoms with Crippen LogP contribution in [0.15, 0.2) is 84.3 Å². The second-order valence-electron chi connectivity index (χ2n) is 4.98. The number of nitrogens with two attached hydrogens (primary N) is 2. The molecule has 0 aliphatic carbocycles. The van der Waals surface area contributed by atoms with E-state index in [9.17, 15) is 4.39 Å². The van der Waals surface area contributed by atoms with Crippen LogP contribution >= 0.6 is 0 Å². The summed E-state index contributed by atoms with van der Waals surface area (Å²) in [5.74, 6) is 0.358. The Kier molecular flexibility index (Phi) is 5.21. The summed E-state index contributed by atoms with van der Waals surface area (Å²) in [6.45, 7) is 9.18. The maximum absolute atomic E-state index is 13.2. The predicted octanol–water partition coefficient (Wildman–Crippen LogP) is 3.17. The average molecular weight is 326 g/mol. The van der Waals surface area contributed by atoms with E-state index >= 15 is 0 Å². The quantitative estimate of drug-likeness (QED) is 0.495. The Morgan fingerprint density at radius 1 is 1.29 bits per heavy atom. The molecule has 0 atom stereocenters. The molecule has 0 amide bonds. The molecule has 0 saturated heterocycles. The molecule has 1 aromatic rings. The molecule has 0 aromatic heterocycles. The molecule has 4 N–H and O–H groups in total. The molecule has 0 unspecified atom stereocenters. The van der Waals surface area contributed by atoms with E-state index < -0.39 is 0 Å². The summed E-state index contributed by atoms with van der Waals surface area (Å²) >= 11 is 0. The molecule has 1 aliphatic heterocycles. The van der Waals surface area contributed by atoms with Crippen molar-refractivity contribution in [3.63, 3.8) is 0 Å². The fourth-order valence-corrected chi connectivity index (χ4v) is 2.14. The van der Waals surface area contributed by atoms with Crippen molar-refractivity contribution in [1.82, 2.24) is 4.90 Å². The van der Waals surface area contributed by atoms with Gasteiger partial charge in [-0.15, -0.1) is 0 Å². The van der Waals surface area contributed by atoms with Crippen LogP contribution in [0.1, 0.15) is 12.5 Å². The van der Waals surface area contributed by atoms with Crippen molar-refractivity contribution < 1.29 is 9.13 Å². The summed E-state index contributed by atoms with van der Waals surface area (Å²) in [5, 5.41) is 0. The third-order valence-corrected chi connectivity index (χ3v) is 3.15. The molecule has 6 heteroatoms. The van der Waals surface area contributed by atoms with Crippen LogP contribution in [0, 0.1) is 5.82 Å². The zero-order valence-corrected chi connectivity index (χ0v) is 13.4. The molecule has 5 nitrogen and oxygen atoms in total. The topological polar surface area (TPSA) is 76.9 Å². The Morgan fingerprint density at radius 2 is 1.96 bits per heavy atom. The lowest BCUT2D eigenvalue weighted by molar-refractivity contribution is 0.302. The van der Waals surface area contributed by atoms with Crippen molar-refractivity contribution in [3.8, 4) is 0 Å². The van der Waals surface area contributed by atoms with Gasteiger partial charge in [0.2, 0.25) is 0 Å². The predicted molar refractivity (Wildman–Crippen MR) is 94.3 cm³/mol. The fraction of sp³-hybridized carbons (Fsp3) is 0.0556. The number of hydrogen-bond acceptors (Lipinski definition) is 4. The van der Waals surface area contributed by atoms with E-state index in [0.29, 0.717) is 34.4 Å². The number of rotatable bonds is 5. The Hall–Kier alpha value is -3.28. The Bertz CT molecular complexity index is 769. The molecule has 1 heterocycles. The van der Waals surface area contributed by atoms with Crippen molar-refractivity contribution in [1.29, 1.82) is 0 Å². The van der Waals surface area contributed by atoms with E-state index in [0.717, 1.165) is 0 Å². The molecule has 1 aliphatic rings. The van der Waals surface area contributed by atoms with Crippen LogP contribution in [0.5, 0.6) is 0 Å². The Labute approximate surface area is 140 Å². The van der Waals surface area contributed by atoms with E-state index in [2.05, 4.69) is 18.2 Å². The molecule has 0 spiro atoms. The Balaban J connectivity index is 2.67. The van der Waals surface area contributed by atoms with Gasteiger partial charge in [-0.05, 0) is 49.4 Å². The normalized spacial score (nSPS) is 16.1. The molecule has 0 saturated carbocycles. The summed E-state index contributed by atoms with van der Waals surface area (Å²) in [5.41, 5.74) is 14.0. The first-order valence-corrected chi connectivity index (χ1v) is 7.15. The zero-order chi connectivity index (χ0) is 17.7. The van der Waals surface area contributed by atoms with E-state index in [1.54, 1.807) is 42.3 Å². The lowest BCUT2D eigenvalue weighted by Crippen LogP contribution is -2.20. The van der Waals surface area contributed by atoms with Crippen LogP contribution in [0.2, 0.25) is 0 Å². The van der Waals surface area contributed by atoms with E-state index in [-0.39, 0.29) is 5.82 Å². The number of allylic oxidation sites excluding steroid dienone is 2. The summed E-state index contributed by atoms with van der Waals surface area (Å²) in [6, 6.07) is 5.83. The van der Waals surface area contributed by atoms with Crippen molar-refractivity contribution in [2.45, 2.75) is 6.92 Å². The second kappa shape index (κ2) is 7.32. The fourth-order valence-electron chi connectivity index (χ4n) is 2.14. The van der Waals surface area contributed by atoms with Gasteiger partial charge in [-0.25, -0.2) is 9.38 Å². The number of amidine groups is 1. The number of hydrogen-bond donors (Lipinski definition) is 2. The second-order valence-corrected chi connectivity index (χ2v) is 4.98. The van der Waals surface area contributed by atoms with E-state index in [1.165, 1.54) is 18.4 Å². The molecule has 2 rings (SSSR count). The van der Waals surface area contributed by atoms with Crippen molar-refractivity contribution in [2.75, 3.05) is 0 Å². The molecule has 0 fully saturated rings. The molecular weight excluding hydrogens is 307 g/mol. The highest BCUT2D eigenvalue weighted by molar-refractivity contribution is 5.80. The van der Waals surface area contributed by atoms with Gasteiger partial charge < -0.3 is 16.2 Å². The third-order valence-electron chi connectivity index (χ3n) is 3.15. The third kappa shape index (κ3) is 3.73. The van der Waals surface area contributed by atoms with Gasteiger partial charge in [0.15, 0.2) is 5.88 Å². The SMILES string of the molecule is C=C/C=C(N=C(C)N)/C(=C(/N)c1ccc(F)cc1)N1C=COC1=C. The minimum Gasteiger partial charge on any atom is -0.447 e. The molecular formula is C18H19FN4O. The van der Waals surface area contributed by atoms with Gasteiger partial charge >= 0.3 is 0 Å². The van der Waals surface area contributed by atoms with Gasteiger partial charge in [0, 0.05) is 6.20 Å². The molecule has 1 aromatic carbocycles. The number of ether oxygens (including phenoxy) is 1. The minimum absolute atomic E-state index is 0.348. The zero-order valence-electron chi connectivity index (χ0n) is 13.4. The molecule has 124 valence electrons. The van der Waals surface area contributed by atoms with E-state index in [1.807, 2.05) is 0 Å². The van der Waals surface area contributed by atoms with Gasteiger partial charge in [-0.2, -0.15) is 0 Å². The van der Waals surface area contributed by atoms with Crippen LogP contribution in [-0.2, 0) is 4.74 Å². The highest BCUT2D eigenvalue weighted by Gasteiger charge is 2.23. The van der Waals surface area contributed by atoms with Gasteiger partial charge in [-0.1, -0.05) is 12.7 Å². The summed E-state index contributed by atoms with van der Waals surface area (Å²) in [7, 11) is 0. The average Bonchev–Trinajstić information content (AvgIpc) is 2.94. The van der Waals surface area contributed by atoms with Gasteiger partial charge in [0.1, 0.15) is 12.1 Å². The van der Waals surface area contributed by atoms with Crippen LogP contribution in [-0.4, -0.2) is 10.7 Å². The molecule has 0 radical (unpaired) electrons. The number of aliphatic imine (C=N–C) groups is 1. The number of benzene rings is 1. The first-order chi connectivity index (χ1) is 11.4. The highest BCUT2D eigenvalue weighted by Crippen LogP contribution is 2.30. The van der Waals surface area contributed by atoms with Gasteiger partial charge in [0.05, 0.1) is 22.9 Å². The van der Waals surface area contributed by atoms with Crippen LogP contribution < -0.4 is 11.5 Å². The first kappa shape index (κ1) is 17.1. The number of halogens is 1. The smallest absolute Gasteiger partial charge is 0.196 e. The van der Waals surface area contributed by atoms with Crippen LogP contribution in [0.25, 0.3) is 5.70 Å². The van der Waals surface area contributed by atoms with E-state index in [4.69, 9.17) is 16.2 Å². The summed E-state index contributed by atoms with van der Waals surface area (Å²) < 4.78 is 18.4. The van der Waals surface area contributed by atoms with Crippen LogP contribution in [0.3, 0.4) is 0 Å². The van der Waals surface area contributed by atoms with Gasteiger partial charge in [0.25, 0.3) is 0 Å². The lowest BCUT2D eigenvalue weighted by atomic mass is 10.1. The van der Waals surface area contributed by atoms with Crippen molar-refractivity contribution in [2.24, 2.45) is 16.5 Å². The largest absolute Gasteiger partial charge is 0.447 e. The summed E-state index contributed by atoms with van der Waals surface area (Å²) in [4.78, 5) is 5.95. The van der Waals surface area contributed by atoms with Crippen molar-refractivity contribution in [3.05, 3.63) is 90.7 Å². The summed E-state index contributed by atoms with van der Waals surface area (Å²) in [6.07, 6.45) is 6.38. The van der Waals surface area contributed by atoms with Crippen LogP contribution in [0.4, 0.5) is 4.39 Å². The Morgan fingerprint density at radius 3 is 2.46 bits per heavy atom. The molecule has 24 heavy (non-hydrogen) atoms. The maximum Gasteiger partial charge on any atom is 0.196 e.